The minimum Gasteiger partial charge on any atom is -0.473 e. The number of aliphatic hydroxyl groups is 1. The third-order valence-electron chi connectivity index (χ3n) is 6.98. The molecule has 6 rings (SSSR count). The summed E-state index contributed by atoms with van der Waals surface area (Å²) in [6, 6.07) is 1.74. The molecule has 0 saturated heterocycles. The molecule has 0 bridgehead atoms. The summed E-state index contributed by atoms with van der Waals surface area (Å²) in [6.07, 6.45) is 4.41. The Labute approximate surface area is 219 Å². The highest BCUT2D eigenvalue weighted by molar-refractivity contribution is 6.02. The summed E-state index contributed by atoms with van der Waals surface area (Å²) < 4.78 is 62.6. The lowest BCUT2D eigenvalue weighted by Crippen LogP contribution is -2.52. The van der Waals surface area contributed by atoms with Crippen LogP contribution in [0.5, 0.6) is 5.75 Å². The molecule has 0 radical (unpaired) electrons. The van der Waals surface area contributed by atoms with E-state index in [1.807, 2.05) is 0 Å². The van der Waals surface area contributed by atoms with Crippen molar-refractivity contribution in [2.75, 3.05) is 4.90 Å². The van der Waals surface area contributed by atoms with Gasteiger partial charge in [-0.3, -0.25) is 19.1 Å². The van der Waals surface area contributed by atoms with E-state index in [2.05, 4.69) is 19.9 Å². The van der Waals surface area contributed by atoms with Crippen LogP contribution in [0.25, 0.3) is 16.9 Å². The van der Waals surface area contributed by atoms with E-state index in [9.17, 15) is 27.5 Å². The van der Waals surface area contributed by atoms with Gasteiger partial charge in [-0.2, -0.15) is 0 Å². The molecular formula is C26H22F4N6O3. The number of halogens is 4. The van der Waals surface area contributed by atoms with Gasteiger partial charge in [0.25, 0.3) is 11.8 Å². The van der Waals surface area contributed by atoms with Crippen LogP contribution in [0.15, 0.2) is 36.9 Å². The summed E-state index contributed by atoms with van der Waals surface area (Å²) in [4.78, 5) is 31.6. The van der Waals surface area contributed by atoms with Crippen LogP contribution in [-0.2, 0) is 16.9 Å². The van der Waals surface area contributed by atoms with Gasteiger partial charge in [0.15, 0.2) is 28.6 Å². The molecule has 9 nitrogen and oxygen atoms in total. The van der Waals surface area contributed by atoms with Crippen molar-refractivity contribution in [3.8, 4) is 17.0 Å². The molecule has 0 atom stereocenters. The number of fused-ring (bicyclic) bond motifs is 2. The van der Waals surface area contributed by atoms with Crippen LogP contribution in [0, 0.1) is 18.6 Å². The maximum Gasteiger partial charge on any atom is 0.271 e. The average molecular weight is 542 g/mol. The second-order valence-electron chi connectivity index (χ2n) is 10.4. The van der Waals surface area contributed by atoms with E-state index in [1.165, 1.54) is 37.3 Å². The van der Waals surface area contributed by atoms with E-state index in [-0.39, 0.29) is 23.8 Å². The Bertz CT molecular complexity index is 1650. The molecule has 1 aromatic carbocycles. The topological polar surface area (TPSA) is 106 Å². The number of rotatable bonds is 4. The number of aromatic nitrogens is 5. The second-order valence-corrected chi connectivity index (χ2v) is 10.4. The molecule has 0 spiro atoms. The number of amides is 1. The Hall–Kier alpha value is -4.13. The summed E-state index contributed by atoms with van der Waals surface area (Å²) >= 11 is 0. The molecule has 1 aliphatic heterocycles. The van der Waals surface area contributed by atoms with Crippen molar-refractivity contribution in [2.24, 2.45) is 0 Å². The highest BCUT2D eigenvalue weighted by Crippen LogP contribution is 2.50. The van der Waals surface area contributed by atoms with E-state index >= 15 is 0 Å². The zero-order valence-corrected chi connectivity index (χ0v) is 21.0. The number of ether oxygens (including phenoxy) is 1. The number of carbonyl (C=O) groups excluding carboxylic acids is 1. The number of nitrogens with zero attached hydrogens (tertiary/aromatic N) is 6. The first kappa shape index (κ1) is 25.2. The summed E-state index contributed by atoms with van der Waals surface area (Å²) in [6.45, 7) is 4.66. The predicted octanol–water partition coefficient (Wildman–Crippen LogP) is 4.09. The predicted molar refractivity (Wildman–Crippen MR) is 129 cm³/mol. The van der Waals surface area contributed by atoms with Crippen molar-refractivity contribution >= 4 is 17.2 Å². The van der Waals surface area contributed by atoms with Gasteiger partial charge in [0, 0.05) is 49.1 Å². The van der Waals surface area contributed by atoms with Crippen molar-refractivity contribution in [1.29, 1.82) is 0 Å². The molecule has 1 saturated carbocycles. The van der Waals surface area contributed by atoms with Gasteiger partial charge >= 0.3 is 0 Å². The summed E-state index contributed by atoms with van der Waals surface area (Å²) in [5.41, 5.74) is -0.787. The highest BCUT2D eigenvalue weighted by atomic mass is 19.3. The Morgan fingerprint density at radius 2 is 1.77 bits per heavy atom. The fourth-order valence-corrected chi connectivity index (χ4v) is 5.01. The summed E-state index contributed by atoms with van der Waals surface area (Å²) in [5, 5.41) is 10.4. The molecule has 1 amide bonds. The monoisotopic (exact) mass is 542 g/mol. The Morgan fingerprint density at radius 1 is 1.08 bits per heavy atom. The van der Waals surface area contributed by atoms with Crippen LogP contribution in [-0.4, -0.2) is 46.9 Å². The summed E-state index contributed by atoms with van der Waals surface area (Å²) in [7, 11) is 0. The maximum absolute atomic E-state index is 14.6. The van der Waals surface area contributed by atoms with Crippen LogP contribution in [0.2, 0.25) is 0 Å². The molecule has 1 aliphatic carbocycles. The first-order chi connectivity index (χ1) is 18.3. The summed E-state index contributed by atoms with van der Waals surface area (Å²) in [5.74, 6) is -5.54. The standard InChI is InChI=1S/C26H22F4N6O3/c1-13-19(10-36-18-5-15(27)4-16(28)21(18)39-24(2,3)23(36)37)35-9-17(31-8-20(35)34-13)14-6-32-22(33-7-14)25(38)11-26(29,30)12-25/h4-9,38H,10-12H2,1-3H3. The van der Waals surface area contributed by atoms with Gasteiger partial charge in [-0.25, -0.2) is 32.5 Å². The Balaban J connectivity index is 1.37. The number of aryl methyl sites for hydroxylation is 1. The SMILES string of the molecule is Cc1nc2cnc(-c3cnc(C4(O)CC(F)(F)C4)nc3)cn2c1CN1C(=O)C(C)(C)Oc2c(F)cc(F)cc21. The molecule has 39 heavy (non-hydrogen) atoms. The molecule has 1 fully saturated rings. The highest BCUT2D eigenvalue weighted by Gasteiger charge is 2.58. The van der Waals surface area contributed by atoms with E-state index < -0.39 is 47.5 Å². The third-order valence-corrected chi connectivity index (χ3v) is 6.98. The number of benzene rings is 1. The molecule has 13 heteroatoms. The molecule has 0 unspecified atom stereocenters. The van der Waals surface area contributed by atoms with Crippen molar-refractivity contribution in [1.82, 2.24) is 24.3 Å². The van der Waals surface area contributed by atoms with Gasteiger partial charge in [0.1, 0.15) is 11.4 Å². The fourth-order valence-electron chi connectivity index (χ4n) is 5.01. The zero-order chi connectivity index (χ0) is 27.9. The molecule has 4 aromatic rings. The molecule has 4 heterocycles. The minimum absolute atomic E-state index is 0.0380. The normalized spacial score (nSPS) is 19.0. The second kappa shape index (κ2) is 8.18. The smallest absolute Gasteiger partial charge is 0.271 e. The van der Waals surface area contributed by atoms with Crippen LogP contribution in [0.4, 0.5) is 23.2 Å². The lowest BCUT2D eigenvalue weighted by atomic mass is 9.76. The number of imidazole rings is 1. The third kappa shape index (κ3) is 4.08. The first-order valence-electron chi connectivity index (χ1n) is 12.0. The van der Waals surface area contributed by atoms with Gasteiger partial charge in [-0.05, 0) is 20.8 Å². The maximum atomic E-state index is 14.6. The fraction of sp³-hybridized carbons (Fsp3) is 0.346. The van der Waals surface area contributed by atoms with Gasteiger partial charge in [0.2, 0.25) is 0 Å². The zero-order valence-electron chi connectivity index (χ0n) is 21.0. The quantitative estimate of drug-likeness (QED) is 0.387. The van der Waals surface area contributed by atoms with Gasteiger partial charge in [-0.15, -0.1) is 0 Å². The lowest BCUT2D eigenvalue weighted by molar-refractivity contribution is -0.214. The van der Waals surface area contributed by atoms with Crippen molar-refractivity contribution in [2.45, 2.75) is 57.3 Å². The van der Waals surface area contributed by atoms with Gasteiger partial charge in [0.05, 0.1) is 35.5 Å². The first-order valence-corrected chi connectivity index (χ1v) is 12.0. The van der Waals surface area contributed by atoms with Gasteiger partial charge in [-0.1, -0.05) is 0 Å². The van der Waals surface area contributed by atoms with Crippen LogP contribution in [0.3, 0.4) is 0 Å². The number of hydrogen-bond donors (Lipinski definition) is 1. The van der Waals surface area contributed by atoms with E-state index in [0.717, 1.165) is 6.07 Å². The van der Waals surface area contributed by atoms with Crippen LogP contribution < -0.4 is 9.64 Å². The number of hydrogen-bond acceptors (Lipinski definition) is 7. The van der Waals surface area contributed by atoms with Crippen molar-refractivity contribution in [3.05, 3.63) is 65.8 Å². The molecular weight excluding hydrogens is 520 g/mol. The minimum atomic E-state index is -2.95. The number of anilines is 1. The lowest BCUT2D eigenvalue weighted by Gasteiger charge is -2.41. The average Bonchev–Trinajstić information content (AvgIpc) is 3.15. The van der Waals surface area contributed by atoms with Crippen molar-refractivity contribution < 1.29 is 32.2 Å². The number of carbonyl (C=O) groups is 1. The Morgan fingerprint density at radius 3 is 2.44 bits per heavy atom. The number of alkyl halides is 2. The van der Waals surface area contributed by atoms with Crippen LogP contribution >= 0.6 is 0 Å². The molecule has 2 aliphatic rings. The van der Waals surface area contributed by atoms with E-state index in [0.29, 0.717) is 34.4 Å². The van der Waals surface area contributed by atoms with E-state index in [4.69, 9.17) is 4.74 Å². The van der Waals surface area contributed by atoms with E-state index in [1.54, 1.807) is 17.5 Å². The van der Waals surface area contributed by atoms with Crippen LogP contribution in [0.1, 0.15) is 43.9 Å². The molecule has 3 aromatic heterocycles. The molecule has 202 valence electrons. The largest absolute Gasteiger partial charge is 0.473 e. The van der Waals surface area contributed by atoms with Crippen molar-refractivity contribution in [3.63, 3.8) is 0 Å². The molecule has 1 N–H and O–H groups in total. The Kier molecular flexibility index (Phi) is 5.28. The van der Waals surface area contributed by atoms with Gasteiger partial charge < -0.3 is 9.84 Å².